The first kappa shape index (κ1) is 25.6. The van der Waals surface area contributed by atoms with Crippen molar-refractivity contribution in [3.8, 4) is 0 Å². The van der Waals surface area contributed by atoms with Gasteiger partial charge in [0.25, 0.3) is 0 Å². The lowest BCUT2D eigenvalue weighted by molar-refractivity contribution is -0.0126. The van der Waals surface area contributed by atoms with Crippen molar-refractivity contribution in [1.82, 2.24) is 0 Å². The molecule has 1 rings (SSSR count). The van der Waals surface area contributed by atoms with E-state index in [1.165, 1.54) is 96.3 Å². The first-order chi connectivity index (χ1) is 13.9. The van der Waals surface area contributed by atoms with Crippen molar-refractivity contribution in [3.63, 3.8) is 0 Å². The van der Waals surface area contributed by atoms with E-state index in [4.69, 9.17) is 9.47 Å². The van der Waals surface area contributed by atoms with Gasteiger partial charge in [0.1, 0.15) is 6.54 Å². The van der Waals surface area contributed by atoms with Crippen LogP contribution in [-0.4, -0.2) is 32.0 Å². The molecule has 28 heavy (non-hydrogen) atoms. The lowest BCUT2D eigenvalue weighted by Gasteiger charge is -2.12. The van der Waals surface area contributed by atoms with Crippen molar-refractivity contribution in [2.45, 2.75) is 135 Å². The molecule has 1 heterocycles. The number of rotatable bonds is 21. The summed E-state index contributed by atoms with van der Waals surface area (Å²) in [7, 11) is 0. The van der Waals surface area contributed by atoms with Crippen LogP contribution in [0.4, 0.5) is 0 Å². The van der Waals surface area contributed by atoms with Crippen LogP contribution < -0.4 is 0 Å². The molecule has 4 heteroatoms. The molecule has 0 aliphatic carbocycles. The van der Waals surface area contributed by atoms with Gasteiger partial charge in [-0.3, -0.25) is 0 Å². The number of nitrogens with zero attached hydrogens (tertiary/aromatic N) is 1. The molecule has 0 aromatic heterocycles. The third-order valence-electron chi connectivity index (χ3n) is 5.92. The van der Waals surface area contributed by atoms with Gasteiger partial charge in [0.05, 0.1) is 18.8 Å². The predicted molar refractivity (Wildman–Crippen MR) is 119 cm³/mol. The number of ether oxygens (including phenoxy) is 2. The van der Waals surface area contributed by atoms with Gasteiger partial charge in [0, 0.05) is 6.61 Å². The highest BCUT2D eigenvalue weighted by Crippen LogP contribution is 2.20. The molecule has 1 fully saturated rings. The molecule has 0 amide bonds. The van der Waals surface area contributed by atoms with Crippen molar-refractivity contribution in [2.24, 2.45) is 5.18 Å². The Bertz CT molecular complexity index is 338. The SMILES string of the molecule is CCCCCCCCCCCCCCCCCCOC[C@H]1CC[C@@H](CN=O)O1. The van der Waals surface area contributed by atoms with Crippen molar-refractivity contribution < 1.29 is 9.47 Å². The first-order valence-electron chi connectivity index (χ1n) is 12.4. The summed E-state index contributed by atoms with van der Waals surface area (Å²) in [5.74, 6) is 0. The van der Waals surface area contributed by atoms with E-state index in [0.29, 0.717) is 6.61 Å². The topological polar surface area (TPSA) is 47.9 Å². The zero-order chi connectivity index (χ0) is 20.1. The Morgan fingerprint density at radius 3 is 1.68 bits per heavy atom. The molecule has 1 saturated heterocycles. The van der Waals surface area contributed by atoms with Crippen LogP contribution in [0.25, 0.3) is 0 Å². The van der Waals surface area contributed by atoms with Gasteiger partial charge in [-0.25, -0.2) is 0 Å². The van der Waals surface area contributed by atoms with Gasteiger partial charge < -0.3 is 9.47 Å². The molecular weight excluding hydrogens is 350 g/mol. The molecular formula is C24H47NO3. The van der Waals surface area contributed by atoms with Crippen LogP contribution in [0, 0.1) is 4.91 Å². The Morgan fingerprint density at radius 2 is 1.18 bits per heavy atom. The van der Waals surface area contributed by atoms with Gasteiger partial charge in [-0.1, -0.05) is 108 Å². The van der Waals surface area contributed by atoms with E-state index in [1.807, 2.05) is 0 Å². The zero-order valence-corrected chi connectivity index (χ0v) is 18.7. The molecule has 0 spiro atoms. The van der Waals surface area contributed by atoms with E-state index in [9.17, 15) is 4.91 Å². The Kier molecular flexibility index (Phi) is 18.1. The first-order valence-corrected chi connectivity index (χ1v) is 12.4. The number of nitroso groups, excluding NO2 is 1. The molecule has 0 aromatic carbocycles. The largest absolute Gasteiger partial charge is 0.379 e. The zero-order valence-electron chi connectivity index (χ0n) is 18.7. The van der Waals surface area contributed by atoms with Crippen LogP contribution >= 0.6 is 0 Å². The number of hydrogen-bond acceptors (Lipinski definition) is 4. The second kappa shape index (κ2) is 19.8. The predicted octanol–water partition coefficient (Wildman–Crippen LogP) is 7.58. The van der Waals surface area contributed by atoms with E-state index in [0.717, 1.165) is 25.9 Å². The molecule has 1 aliphatic rings. The highest BCUT2D eigenvalue weighted by Gasteiger charge is 2.25. The summed E-state index contributed by atoms with van der Waals surface area (Å²) in [4.78, 5) is 10.2. The van der Waals surface area contributed by atoms with E-state index < -0.39 is 0 Å². The molecule has 0 aromatic rings. The molecule has 1 aliphatic heterocycles. The molecule has 2 atom stereocenters. The molecule has 0 N–H and O–H groups in total. The summed E-state index contributed by atoms with van der Waals surface area (Å²) >= 11 is 0. The second-order valence-electron chi connectivity index (χ2n) is 8.65. The van der Waals surface area contributed by atoms with Crippen molar-refractivity contribution >= 4 is 0 Å². The smallest absolute Gasteiger partial charge is 0.107 e. The van der Waals surface area contributed by atoms with Gasteiger partial charge in [0.15, 0.2) is 0 Å². The van der Waals surface area contributed by atoms with Crippen molar-refractivity contribution in [3.05, 3.63) is 4.91 Å². The average molecular weight is 398 g/mol. The fraction of sp³-hybridized carbons (Fsp3) is 1.00. The van der Waals surface area contributed by atoms with Gasteiger partial charge in [0.2, 0.25) is 0 Å². The monoisotopic (exact) mass is 397 g/mol. The van der Waals surface area contributed by atoms with E-state index in [2.05, 4.69) is 12.1 Å². The van der Waals surface area contributed by atoms with Gasteiger partial charge >= 0.3 is 0 Å². The quantitative estimate of drug-likeness (QED) is 0.148. The minimum atomic E-state index is 0.0293. The summed E-state index contributed by atoms with van der Waals surface area (Å²) < 4.78 is 11.4. The summed E-state index contributed by atoms with van der Waals surface area (Å²) in [5.41, 5.74) is 0. The fourth-order valence-corrected chi connectivity index (χ4v) is 4.09. The minimum Gasteiger partial charge on any atom is -0.379 e. The normalized spacial score (nSPS) is 19.3. The van der Waals surface area contributed by atoms with Crippen LogP contribution in [0.3, 0.4) is 0 Å². The molecule has 166 valence electrons. The average Bonchev–Trinajstić information content (AvgIpc) is 3.15. The Balaban J connectivity index is 1.69. The molecule has 0 unspecified atom stereocenters. The van der Waals surface area contributed by atoms with E-state index in [1.54, 1.807) is 0 Å². The maximum Gasteiger partial charge on any atom is 0.107 e. The molecule has 0 bridgehead atoms. The highest BCUT2D eigenvalue weighted by atomic mass is 16.5. The molecule has 0 saturated carbocycles. The van der Waals surface area contributed by atoms with E-state index in [-0.39, 0.29) is 18.8 Å². The van der Waals surface area contributed by atoms with Crippen LogP contribution in [0.1, 0.15) is 122 Å². The Labute approximate surface area is 174 Å². The molecule has 0 radical (unpaired) electrons. The van der Waals surface area contributed by atoms with Crippen LogP contribution in [0.15, 0.2) is 5.18 Å². The van der Waals surface area contributed by atoms with E-state index >= 15 is 0 Å². The number of hydrogen-bond donors (Lipinski definition) is 0. The molecule has 4 nitrogen and oxygen atoms in total. The Morgan fingerprint density at radius 1 is 0.714 bits per heavy atom. The summed E-state index contributed by atoms with van der Waals surface area (Å²) in [6.45, 7) is 4.09. The van der Waals surface area contributed by atoms with Gasteiger partial charge in [-0.15, -0.1) is 0 Å². The highest BCUT2D eigenvalue weighted by molar-refractivity contribution is 4.74. The van der Waals surface area contributed by atoms with Gasteiger partial charge in [-0.2, -0.15) is 4.91 Å². The second-order valence-corrected chi connectivity index (χ2v) is 8.65. The standard InChI is InChI=1S/C24H47NO3/c1-2-3-4-5-6-7-8-9-10-11-12-13-14-15-16-17-20-27-22-24-19-18-23(28-24)21-25-26/h23-24H,2-22H2,1H3/t23-,24+/m0/s1. The third kappa shape index (κ3) is 15.4. The summed E-state index contributed by atoms with van der Waals surface area (Å²) in [6, 6.07) is 0. The number of unbranched alkanes of at least 4 members (excludes halogenated alkanes) is 15. The van der Waals surface area contributed by atoms with Crippen LogP contribution in [0.5, 0.6) is 0 Å². The summed E-state index contributed by atoms with van der Waals surface area (Å²) in [6.07, 6.45) is 24.5. The fourth-order valence-electron chi connectivity index (χ4n) is 4.09. The maximum absolute atomic E-state index is 10.2. The maximum atomic E-state index is 10.2. The van der Waals surface area contributed by atoms with Crippen LogP contribution in [-0.2, 0) is 9.47 Å². The Hall–Kier alpha value is -0.480. The third-order valence-corrected chi connectivity index (χ3v) is 5.92. The van der Waals surface area contributed by atoms with Crippen LogP contribution in [0.2, 0.25) is 0 Å². The lowest BCUT2D eigenvalue weighted by atomic mass is 10.0. The lowest BCUT2D eigenvalue weighted by Crippen LogP contribution is -2.18. The minimum absolute atomic E-state index is 0.0293. The van der Waals surface area contributed by atoms with Crippen molar-refractivity contribution in [1.29, 1.82) is 0 Å². The van der Waals surface area contributed by atoms with Crippen molar-refractivity contribution in [2.75, 3.05) is 19.8 Å². The summed E-state index contributed by atoms with van der Waals surface area (Å²) in [5, 5.41) is 2.92. The van der Waals surface area contributed by atoms with Gasteiger partial charge in [-0.05, 0) is 19.3 Å².